The Balaban J connectivity index is 1.28. The summed E-state index contributed by atoms with van der Waals surface area (Å²) >= 11 is 0. The fourth-order valence-corrected chi connectivity index (χ4v) is 8.09. The number of hydrogen-bond acceptors (Lipinski definition) is 5. The molecule has 3 amide bonds. The van der Waals surface area contributed by atoms with Gasteiger partial charge in [-0.1, -0.05) is 97.9 Å². The van der Waals surface area contributed by atoms with Gasteiger partial charge in [0.25, 0.3) is 0 Å². The summed E-state index contributed by atoms with van der Waals surface area (Å²) in [6.45, 7) is 1.91. The second kappa shape index (κ2) is 11.4. The van der Waals surface area contributed by atoms with E-state index in [1.54, 1.807) is 0 Å². The molecule has 4 aromatic rings. The maximum Gasteiger partial charge on any atom is 0.250 e. The third-order valence-electron chi connectivity index (χ3n) is 10.2. The molecule has 0 aliphatic carbocycles. The van der Waals surface area contributed by atoms with Crippen molar-refractivity contribution in [2.24, 2.45) is 11.8 Å². The van der Waals surface area contributed by atoms with Crippen LogP contribution in [0.5, 0.6) is 0 Å². The molecule has 3 saturated heterocycles. The van der Waals surface area contributed by atoms with Gasteiger partial charge in [0.1, 0.15) is 11.6 Å². The van der Waals surface area contributed by atoms with Crippen LogP contribution in [0.3, 0.4) is 0 Å². The number of benzene rings is 4. The molecule has 3 heterocycles. The fourth-order valence-electron chi connectivity index (χ4n) is 8.09. The monoisotopic (exact) mass is 603 g/mol. The minimum atomic E-state index is -1.22. The van der Waals surface area contributed by atoms with Gasteiger partial charge in [-0.25, -0.2) is 0 Å². The highest BCUT2D eigenvalue weighted by atomic mass is 16.5. The number of carbonyl (C=O) groups excluding carboxylic acids is 3. The predicted molar refractivity (Wildman–Crippen MR) is 171 cm³/mol. The second-order valence-electron chi connectivity index (χ2n) is 12.4. The number of aliphatic hydroxyl groups is 1. The summed E-state index contributed by atoms with van der Waals surface area (Å²) < 4.78 is 6.91. The first-order valence-corrected chi connectivity index (χ1v) is 15.7. The fraction of sp³-hybridized carbons (Fsp3) is 0.324. The molecule has 2 bridgehead atoms. The van der Waals surface area contributed by atoms with Crippen molar-refractivity contribution in [1.82, 2.24) is 10.2 Å². The molecule has 4 aromatic carbocycles. The quantitative estimate of drug-likeness (QED) is 0.250. The van der Waals surface area contributed by atoms with E-state index in [9.17, 15) is 19.5 Å². The lowest BCUT2D eigenvalue weighted by Crippen LogP contribution is -2.54. The molecule has 1 spiro atoms. The van der Waals surface area contributed by atoms with Gasteiger partial charge in [0.2, 0.25) is 17.7 Å². The van der Waals surface area contributed by atoms with E-state index in [4.69, 9.17) is 4.74 Å². The van der Waals surface area contributed by atoms with Crippen molar-refractivity contribution in [2.45, 2.75) is 56.0 Å². The Morgan fingerprint density at radius 3 is 2.31 bits per heavy atom. The molecule has 8 nitrogen and oxygen atoms in total. The molecule has 8 heteroatoms. The summed E-state index contributed by atoms with van der Waals surface area (Å²) in [7, 11) is 0. The first-order chi connectivity index (χ1) is 21.9. The molecule has 2 unspecified atom stereocenters. The Labute approximate surface area is 262 Å². The zero-order chi connectivity index (χ0) is 31.2. The smallest absolute Gasteiger partial charge is 0.250 e. The molecule has 230 valence electrons. The van der Waals surface area contributed by atoms with Gasteiger partial charge in [0.05, 0.1) is 30.1 Å². The second-order valence-corrected chi connectivity index (χ2v) is 12.4. The summed E-state index contributed by atoms with van der Waals surface area (Å²) in [4.78, 5) is 44.8. The average Bonchev–Trinajstić information content (AvgIpc) is 3.68. The normalized spacial score (nSPS) is 27.4. The number of rotatable bonds is 9. The molecule has 0 saturated carbocycles. The number of anilines is 1. The SMILES string of the molecule is CC[C@@]12CCC3(O1)C(C(=O)Nc1ccc4ccccc4c1)N([C@H](CO)c1ccccc1)C(=O)[C@@H]3[C@@H]2C(=O)NCc1ccccc1. The van der Waals surface area contributed by atoms with Crippen molar-refractivity contribution >= 4 is 34.2 Å². The molecule has 7 rings (SSSR count). The van der Waals surface area contributed by atoms with Gasteiger partial charge in [0, 0.05) is 12.2 Å². The third kappa shape index (κ3) is 4.71. The number of likely N-dealkylation sites (tertiary alicyclic amines) is 1. The first kappa shape index (κ1) is 29.2. The molecular formula is C37H37N3O5. The van der Waals surface area contributed by atoms with Crippen molar-refractivity contribution in [2.75, 3.05) is 11.9 Å². The van der Waals surface area contributed by atoms with Crippen molar-refractivity contribution in [3.05, 3.63) is 114 Å². The lowest BCUT2D eigenvalue weighted by Gasteiger charge is -2.37. The molecule has 3 aliphatic heterocycles. The molecule has 6 atom stereocenters. The Hall–Kier alpha value is -4.53. The number of carbonyl (C=O) groups is 3. The summed E-state index contributed by atoms with van der Waals surface area (Å²) in [6.07, 6.45) is 1.54. The van der Waals surface area contributed by atoms with Gasteiger partial charge in [-0.2, -0.15) is 0 Å². The van der Waals surface area contributed by atoms with Gasteiger partial charge < -0.3 is 25.4 Å². The molecule has 3 aliphatic rings. The summed E-state index contributed by atoms with van der Waals surface area (Å²) in [5.41, 5.74) is 0.173. The highest BCUT2D eigenvalue weighted by molar-refractivity contribution is 6.04. The van der Waals surface area contributed by atoms with Crippen molar-refractivity contribution in [3.63, 3.8) is 0 Å². The van der Waals surface area contributed by atoms with Gasteiger partial charge in [-0.15, -0.1) is 0 Å². The van der Waals surface area contributed by atoms with Crippen LogP contribution < -0.4 is 10.6 Å². The van der Waals surface area contributed by atoms with E-state index >= 15 is 0 Å². The molecule has 3 N–H and O–H groups in total. The van der Waals surface area contributed by atoms with Gasteiger partial charge in [-0.3, -0.25) is 14.4 Å². The predicted octanol–water partition coefficient (Wildman–Crippen LogP) is 4.98. The van der Waals surface area contributed by atoms with Crippen LogP contribution in [0.15, 0.2) is 103 Å². The van der Waals surface area contributed by atoms with E-state index in [0.29, 0.717) is 37.1 Å². The number of aliphatic hydroxyl groups excluding tert-OH is 1. The van der Waals surface area contributed by atoms with Crippen LogP contribution in [-0.2, 0) is 25.7 Å². The van der Waals surface area contributed by atoms with Crippen LogP contribution in [-0.4, -0.2) is 51.6 Å². The van der Waals surface area contributed by atoms with Crippen molar-refractivity contribution in [3.8, 4) is 0 Å². The minimum absolute atomic E-state index is 0.253. The zero-order valence-corrected chi connectivity index (χ0v) is 25.2. The van der Waals surface area contributed by atoms with Crippen LogP contribution in [0.2, 0.25) is 0 Å². The van der Waals surface area contributed by atoms with Gasteiger partial charge in [0.15, 0.2) is 0 Å². The van der Waals surface area contributed by atoms with E-state index < -0.39 is 41.0 Å². The minimum Gasteiger partial charge on any atom is -0.394 e. The van der Waals surface area contributed by atoms with Crippen molar-refractivity contribution in [1.29, 1.82) is 0 Å². The van der Waals surface area contributed by atoms with Crippen LogP contribution in [0.1, 0.15) is 43.4 Å². The van der Waals surface area contributed by atoms with Crippen molar-refractivity contribution < 1.29 is 24.2 Å². The van der Waals surface area contributed by atoms with E-state index in [1.807, 2.05) is 110 Å². The third-order valence-corrected chi connectivity index (χ3v) is 10.2. The molecule has 3 fully saturated rings. The Morgan fingerprint density at radius 2 is 1.60 bits per heavy atom. The molecule has 45 heavy (non-hydrogen) atoms. The number of fused-ring (bicyclic) bond motifs is 2. The first-order valence-electron chi connectivity index (χ1n) is 15.7. The Morgan fingerprint density at radius 1 is 0.911 bits per heavy atom. The van der Waals surface area contributed by atoms with Crippen LogP contribution in [0.25, 0.3) is 10.8 Å². The maximum absolute atomic E-state index is 14.7. The topological polar surface area (TPSA) is 108 Å². The lowest BCUT2D eigenvalue weighted by molar-refractivity contribution is -0.149. The lowest BCUT2D eigenvalue weighted by atomic mass is 9.65. The molecule has 0 radical (unpaired) electrons. The van der Waals surface area contributed by atoms with Gasteiger partial charge >= 0.3 is 0 Å². The summed E-state index contributed by atoms with van der Waals surface area (Å²) in [5.74, 6) is -2.63. The average molecular weight is 604 g/mol. The standard InChI is InChI=1S/C37H37N3O5/c1-2-36-19-20-37(45-36)31(30(36)33(42)38-22-24-11-5-3-6-12-24)35(44)40(29(23-41)26-14-7-4-8-15-26)32(37)34(43)39-28-18-17-25-13-9-10-16-27(25)21-28/h3-18,21,29-32,41H,2,19-20,22-23H2,1H3,(H,38,42)(H,39,43)/t29-,30-,31+,32?,36+,37?/m1/s1. The van der Waals surface area contributed by atoms with E-state index in [-0.39, 0.29) is 18.4 Å². The zero-order valence-electron chi connectivity index (χ0n) is 25.2. The molecular weight excluding hydrogens is 566 g/mol. The number of hydrogen-bond donors (Lipinski definition) is 3. The number of amides is 3. The number of nitrogens with zero attached hydrogens (tertiary/aromatic N) is 1. The number of nitrogens with one attached hydrogen (secondary N) is 2. The molecule has 0 aromatic heterocycles. The van der Waals surface area contributed by atoms with Crippen LogP contribution in [0, 0.1) is 11.8 Å². The van der Waals surface area contributed by atoms with Crippen LogP contribution >= 0.6 is 0 Å². The maximum atomic E-state index is 14.7. The van der Waals surface area contributed by atoms with E-state index in [1.165, 1.54) is 4.90 Å². The Kier molecular flexibility index (Phi) is 7.42. The van der Waals surface area contributed by atoms with Crippen LogP contribution in [0.4, 0.5) is 5.69 Å². The van der Waals surface area contributed by atoms with E-state index in [0.717, 1.165) is 16.3 Å². The number of ether oxygens (including phenoxy) is 1. The van der Waals surface area contributed by atoms with Gasteiger partial charge in [-0.05, 0) is 53.3 Å². The highest BCUT2D eigenvalue weighted by Gasteiger charge is 2.79. The largest absolute Gasteiger partial charge is 0.394 e. The summed E-state index contributed by atoms with van der Waals surface area (Å²) in [5, 5.41) is 18.9. The van der Waals surface area contributed by atoms with E-state index in [2.05, 4.69) is 10.6 Å². The summed E-state index contributed by atoms with van der Waals surface area (Å²) in [6, 6.07) is 30.6. The highest BCUT2D eigenvalue weighted by Crippen LogP contribution is 2.65. The Bertz CT molecular complexity index is 1750.